The first-order chi connectivity index (χ1) is 11.6. The highest BCUT2D eigenvalue weighted by Gasteiger charge is 2.28. The molecule has 5 heteroatoms. The number of rotatable bonds is 7. The van der Waals surface area contributed by atoms with E-state index in [1.807, 2.05) is 6.92 Å². The number of carbonyl (C=O) groups excluding carboxylic acids is 1. The Bertz CT molecular complexity index is 552. The number of carbonyl (C=O) groups is 1. The molecule has 0 unspecified atom stereocenters. The van der Waals surface area contributed by atoms with Gasteiger partial charge in [-0.1, -0.05) is 26.7 Å². The third-order valence-corrected chi connectivity index (χ3v) is 4.56. The second kappa shape index (κ2) is 9.00. The Labute approximate surface area is 142 Å². The SMILES string of the molecule is CCCOc1ccc(OC(=O)[C@H]2CC[C@H](CCC)CC2)c(F)c1F. The van der Waals surface area contributed by atoms with E-state index in [-0.39, 0.29) is 17.4 Å². The summed E-state index contributed by atoms with van der Waals surface area (Å²) in [6.07, 6.45) is 6.52. The average Bonchev–Trinajstić information content (AvgIpc) is 2.59. The molecule has 1 aromatic rings. The van der Waals surface area contributed by atoms with Crippen LogP contribution in [0.5, 0.6) is 11.5 Å². The van der Waals surface area contributed by atoms with Crippen LogP contribution in [-0.2, 0) is 4.79 Å². The van der Waals surface area contributed by atoms with E-state index in [2.05, 4.69) is 6.92 Å². The number of esters is 1. The van der Waals surface area contributed by atoms with Crippen molar-refractivity contribution in [2.24, 2.45) is 11.8 Å². The summed E-state index contributed by atoms with van der Waals surface area (Å²) >= 11 is 0. The average molecular weight is 340 g/mol. The van der Waals surface area contributed by atoms with Gasteiger partial charge in [0.15, 0.2) is 11.5 Å². The quantitative estimate of drug-likeness (QED) is 0.501. The molecule has 1 aliphatic carbocycles. The van der Waals surface area contributed by atoms with Crippen molar-refractivity contribution in [3.63, 3.8) is 0 Å². The lowest BCUT2D eigenvalue weighted by atomic mass is 9.80. The van der Waals surface area contributed by atoms with Crippen LogP contribution in [0, 0.1) is 23.5 Å². The van der Waals surface area contributed by atoms with Crippen molar-refractivity contribution >= 4 is 5.97 Å². The van der Waals surface area contributed by atoms with Gasteiger partial charge in [-0.05, 0) is 50.2 Å². The number of benzene rings is 1. The molecule has 1 aromatic carbocycles. The predicted molar refractivity (Wildman–Crippen MR) is 88.1 cm³/mol. The zero-order chi connectivity index (χ0) is 17.5. The van der Waals surface area contributed by atoms with Crippen LogP contribution < -0.4 is 9.47 Å². The van der Waals surface area contributed by atoms with E-state index in [0.29, 0.717) is 18.9 Å². The van der Waals surface area contributed by atoms with Crippen molar-refractivity contribution in [2.75, 3.05) is 6.61 Å². The van der Waals surface area contributed by atoms with Crippen LogP contribution in [0.4, 0.5) is 8.78 Å². The molecule has 1 fully saturated rings. The minimum atomic E-state index is -1.17. The second-order valence-corrected chi connectivity index (χ2v) is 6.47. The molecule has 2 rings (SSSR count). The molecule has 0 amide bonds. The molecule has 0 saturated heterocycles. The first-order valence-electron chi connectivity index (χ1n) is 8.89. The Morgan fingerprint density at radius 3 is 2.29 bits per heavy atom. The van der Waals surface area contributed by atoms with Crippen LogP contribution in [0.3, 0.4) is 0 Å². The zero-order valence-electron chi connectivity index (χ0n) is 14.4. The van der Waals surface area contributed by atoms with Crippen LogP contribution in [-0.4, -0.2) is 12.6 Å². The molecule has 0 aromatic heterocycles. The molecule has 0 atom stereocenters. The lowest BCUT2D eigenvalue weighted by Gasteiger charge is -2.26. The first kappa shape index (κ1) is 18.7. The fraction of sp³-hybridized carbons (Fsp3) is 0.632. The normalized spacial score (nSPS) is 20.7. The monoisotopic (exact) mass is 340 g/mol. The molecular weight excluding hydrogens is 314 g/mol. The van der Waals surface area contributed by atoms with Crippen molar-refractivity contribution in [1.29, 1.82) is 0 Å². The van der Waals surface area contributed by atoms with Gasteiger partial charge in [-0.2, -0.15) is 8.78 Å². The van der Waals surface area contributed by atoms with E-state index in [1.54, 1.807) is 0 Å². The topological polar surface area (TPSA) is 35.5 Å². The van der Waals surface area contributed by atoms with Crippen LogP contribution >= 0.6 is 0 Å². The van der Waals surface area contributed by atoms with Gasteiger partial charge >= 0.3 is 5.97 Å². The smallest absolute Gasteiger partial charge is 0.314 e. The van der Waals surface area contributed by atoms with Crippen molar-refractivity contribution in [2.45, 2.75) is 58.8 Å². The molecule has 1 aliphatic rings. The number of ether oxygens (including phenoxy) is 2. The van der Waals surface area contributed by atoms with Crippen LogP contribution in [0.1, 0.15) is 58.8 Å². The van der Waals surface area contributed by atoms with Crippen molar-refractivity contribution in [1.82, 2.24) is 0 Å². The molecule has 0 radical (unpaired) electrons. The van der Waals surface area contributed by atoms with Gasteiger partial charge in [-0.15, -0.1) is 0 Å². The van der Waals surface area contributed by atoms with Crippen LogP contribution in [0.2, 0.25) is 0 Å². The van der Waals surface area contributed by atoms with Gasteiger partial charge in [0, 0.05) is 0 Å². The second-order valence-electron chi connectivity index (χ2n) is 6.47. The first-order valence-corrected chi connectivity index (χ1v) is 8.89. The maximum Gasteiger partial charge on any atom is 0.314 e. The third-order valence-electron chi connectivity index (χ3n) is 4.56. The summed E-state index contributed by atoms with van der Waals surface area (Å²) in [5.74, 6) is -2.83. The molecule has 0 aliphatic heterocycles. The minimum Gasteiger partial charge on any atom is -0.490 e. The molecule has 3 nitrogen and oxygen atoms in total. The molecule has 0 spiro atoms. The Balaban J connectivity index is 1.96. The zero-order valence-corrected chi connectivity index (χ0v) is 14.4. The van der Waals surface area contributed by atoms with Crippen molar-refractivity contribution in [3.8, 4) is 11.5 Å². The van der Waals surface area contributed by atoms with Gasteiger partial charge in [-0.25, -0.2) is 0 Å². The van der Waals surface area contributed by atoms with Gasteiger partial charge in [0.25, 0.3) is 0 Å². The van der Waals surface area contributed by atoms with Crippen LogP contribution in [0.15, 0.2) is 12.1 Å². The largest absolute Gasteiger partial charge is 0.490 e. The van der Waals surface area contributed by atoms with E-state index < -0.39 is 17.6 Å². The van der Waals surface area contributed by atoms with Crippen molar-refractivity contribution in [3.05, 3.63) is 23.8 Å². The van der Waals surface area contributed by atoms with Gasteiger partial charge in [0.1, 0.15) is 0 Å². The van der Waals surface area contributed by atoms with E-state index in [0.717, 1.165) is 32.1 Å². The maximum atomic E-state index is 14.0. The number of hydrogen-bond donors (Lipinski definition) is 0. The molecule has 0 heterocycles. The Morgan fingerprint density at radius 2 is 1.67 bits per heavy atom. The van der Waals surface area contributed by atoms with E-state index in [9.17, 15) is 13.6 Å². The van der Waals surface area contributed by atoms with Crippen LogP contribution in [0.25, 0.3) is 0 Å². The van der Waals surface area contributed by atoms with E-state index >= 15 is 0 Å². The van der Waals surface area contributed by atoms with E-state index in [4.69, 9.17) is 9.47 Å². The highest BCUT2D eigenvalue weighted by Crippen LogP contribution is 2.33. The highest BCUT2D eigenvalue weighted by molar-refractivity contribution is 5.75. The molecule has 134 valence electrons. The lowest BCUT2D eigenvalue weighted by Crippen LogP contribution is -2.26. The summed E-state index contributed by atoms with van der Waals surface area (Å²) in [6.45, 7) is 4.34. The molecule has 1 saturated carbocycles. The molecule has 24 heavy (non-hydrogen) atoms. The molecular formula is C19H26F2O3. The summed E-state index contributed by atoms with van der Waals surface area (Å²) in [5.41, 5.74) is 0. The Hall–Kier alpha value is -1.65. The molecule has 0 bridgehead atoms. The summed E-state index contributed by atoms with van der Waals surface area (Å²) in [4.78, 5) is 12.2. The minimum absolute atomic E-state index is 0.158. The summed E-state index contributed by atoms with van der Waals surface area (Å²) in [5, 5.41) is 0. The Kier molecular flexibility index (Phi) is 7.00. The summed E-state index contributed by atoms with van der Waals surface area (Å²) in [6, 6.07) is 2.55. The predicted octanol–water partition coefficient (Wildman–Crippen LogP) is 5.27. The number of halogens is 2. The summed E-state index contributed by atoms with van der Waals surface area (Å²) in [7, 11) is 0. The lowest BCUT2D eigenvalue weighted by molar-refractivity contribution is -0.140. The maximum absolute atomic E-state index is 14.0. The highest BCUT2D eigenvalue weighted by atomic mass is 19.2. The summed E-state index contributed by atoms with van der Waals surface area (Å²) < 4.78 is 38.2. The Morgan fingerprint density at radius 1 is 1.04 bits per heavy atom. The molecule has 0 N–H and O–H groups in total. The van der Waals surface area contributed by atoms with Gasteiger partial charge in [0.05, 0.1) is 12.5 Å². The van der Waals surface area contributed by atoms with Gasteiger partial charge in [0.2, 0.25) is 11.6 Å². The van der Waals surface area contributed by atoms with Gasteiger partial charge < -0.3 is 9.47 Å². The number of hydrogen-bond acceptors (Lipinski definition) is 3. The van der Waals surface area contributed by atoms with E-state index in [1.165, 1.54) is 18.6 Å². The third kappa shape index (κ3) is 4.68. The standard InChI is InChI=1S/C19H26F2O3/c1-3-5-13-6-8-14(9-7-13)19(22)24-16-11-10-15(23-12-4-2)17(20)18(16)21/h10-11,13-14H,3-9,12H2,1-2H3/t13-,14-. The fourth-order valence-electron chi connectivity index (χ4n) is 3.20. The van der Waals surface area contributed by atoms with Crippen molar-refractivity contribution < 1.29 is 23.0 Å². The van der Waals surface area contributed by atoms with Gasteiger partial charge in [-0.3, -0.25) is 4.79 Å². The fourth-order valence-corrected chi connectivity index (χ4v) is 3.20.